The van der Waals surface area contributed by atoms with Gasteiger partial charge in [0.2, 0.25) is 5.91 Å². The van der Waals surface area contributed by atoms with Gasteiger partial charge in [-0.05, 0) is 19.3 Å². The number of hydrogen-bond acceptors (Lipinski definition) is 6. The summed E-state index contributed by atoms with van der Waals surface area (Å²) in [5.74, 6) is -0.192. The van der Waals surface area contributed by atoms with E-state index in [0.29, 0.717) is 17.4 Å². The zero-order valence-corrected chi connectivity index (χ0v) is 43.7. The van der Waals surface area contributed by atoms with Gasteiger partial charge >= 0.3 is 0 Å². The number of carbonyl (C=O) groups is 1. The van der Waals surface area contributed by atoms with Crippen LogP contribution >= 0.6 is 7.82 Å². The van der Waals surface area contributed by atoms with Gasteiger partial charge in [0.05, 0.1) is 39.9 Å². The topological polar surface area (TPSA) is 108 Å². The number of rotatable bonds is 51. The van der Waals surface area contributed by atoms with Crippen LogP contribution in [0.4, 0.5) is 0 Å². The third kappa shape index (κ3) is 49.0. The van der Waals surface area contributed by atoms with E-state index in [2.05, 4.69) is 19.2 Å². The quantitative estimate of drug-likeness (QED) is 0.0272. The lowest BCUT2D eigenvalue weighted by Crippen LogP contribution is -2.45. The first-order valence-corrected chi connectivity index (χ1v) is 29.0. The second kappa shape index (κ2) is 46.4. The zero-order valence-electron chi connectivity index (χ0n) is 42.8. The van der Waals surface area contributed by atoms with Crippen LogP contribution in [-0.4, -0.2) is 68.5 Å². The Kier molecular flexibility index (Phi) is 45.8. The second-order valence-corrected chi connectivity index (χ2v) is 21.7. The highest BCUT2D eigenvalue weighted by Gasteiger charge is 2.23. The lowest BCUT2D eigenvalue weighted by molar-refractivity contribution is -0.870. The number of hydrogen-bond donors (Lipinski definition) is 2. The number of aliphatic hydroxyl groups excluding tert-OH is 1. The van der Waals surface area contributed by atoms with E-state index >= 15 is 0 Å². The third-order valence-corrected chi connectivity index (χ3v) is 13.7. The molecule has 0 fully saturated rings. The molecule has 0 aliphatic rings. The van der Waals surface area contributed by atoms with Crippen LogP contribution in [0.25, 0.3) is 0 Å². The van der Waals surface area contributed by atoms with Crippen LogP contribution in [0.15, 0.2) is 12.2 Å². The predicted molar refractivity (Wildman–Crippen MR) is 270 cm³/mol. The SMILES string of the molecule is CCCCCCCCCCCCC/C=C/[C@@H](O)[C@H](COP(=O)([O-])OCC[N+](C)(C)C)NC(=O)CCCCCCCCCCCCCCCCCCCCCCCCCCCCCC. The normalized spacial score (nSPS) is 14.1. The van der Waals surface area contributed by atoms with Gasteiger partial charge in [0.15, 0.2) is 0 Å². The summed E-state index contributed by atoms with van der Waals surface area (Å²) in [4.78, 5) is 25.4. The highest BCUT2D eigenvalue weighted by molar-refractivity contribution is 7.45. The molecule has 3 atom stereocenters. The smallest absolute Gasteiger partial charge is 0.268 e. The Hall–Kier alpha value is -0.760. The van der Waals surface area contributed by atoms with E-state index in [1.54, 1.807) is 6.08 Å². The van der Waals surface area contributed by atoms with Crippen molar-refractivity contribution in [2.45, 2.75) is 289 Å². The molecule has 9 heteroatoms. The van der Waals surface area contributed by atoms with Crippen molar-refractivity contribution in [3.05, 3.63) is 12.2 Å². The minimum atomic E-state index is -4.59. The highest BCUT2D eigenvalue weighted by Crippen LogP contribution is 2.38. The minimum absolute atomic E-state index is 0.00235. The van der Waals surface area contributed by atoms with E-state index in [9.17, 15) is 19.4 Å². The summed E-state index contributed by atoms with van der Waals surface area (Å²) in [6.07, 6.45) is 55.7. The van der Waals surface area contributed by atoms with Crippen molar-refractivity contribution in [2.24, 2.45) is 0 Å². The Morgan fingerprint density at radius 1 is 0.540 bits per heavy atom. The van der Waals surface area contributed by atoms with Gasteiger partial charge in [0.1, 0.15) is 13.2 Å². The fourth-order valence-electron chi connectivity index (χ4n) is 8.39. The second-order valence-electron chi connectivity index (χ2n) is 20.3. The molecule has 0 aromatic heterocycles. The molecule has 1 amide bonds. The molecule has 0 spiro atoms. The molecule has 376 valence electrons. The van der Waals surface area contributed by atoms with Crippen LogP contribution < -0.4 is 10.2 Å². The summed E-state index contributed by atoms with van der Waals surface area (Å²) in [6, 6.07) is -0.880. The molecule has 0 heterocycles. The Balaban J connectivity index is 4.06. The van der Waals surface area contributed by atoms with E-state index < -0.39 is 20.0 Å². The first-order valence-electron chi connectivity index (χ1n) is 27.6. The minimum Gasteiger partial charge on any atom is -0.756 e. The van der Waals surface area contributed by atoms with Gasteiger partial charge in [-0.15, -0.1) is 0 Å². The van der Waals surface area contributed by atoms with E-state index in [-0.39, 0.29) is 19.1 Å². The van der Waals surface area contributed by atoms with Crippen LogP contribution in [0.5, 0.6) is 0 Å². The van der Waals surface area contributed by atoms with Gasteiger partial charge in [0, 0.05) is 6.42 Å². The Morgan fingerprint density at radius 2 is 0.857 bits per heavy atom. The first kappa shape index (κ1) is 62.2. The number of nitrogens with one attached hydrogen (secondary N) is 1. The number of phosphoric acid groups is 1. The third-order valence-electron chi connectivity index (χ3n) is 12.7. The molecule has 0 bridgehead atoms. The van der Waals surface area contributed by atoms with Crippen LogP contribution in [0.3, 0.4) is 0 Å². The Bertz CT molecular complexity index is 1040. The number of quaternary nitrogens is 1. The summed E-state index contributed by atoms with van der Waals surface area (Å²) in [5, 5.41) is 13.8. The van der Waals surface area contributed by atoms with Crippen molar-refractivity contribution in [2.75, 3.05) is 40.9 Å². The fourth-order valence-corrected chi connectivity index (χ4v) is 9.11. The summed E-state index contributed by atoms with van der Waals surface area (Å²) < 4.78 is 23.3. The van der Waals surface area contributed by atoms with Crippen LogP contribution in [0.1, 0.15) is 277 Å². The zero-order chi connectivity index (χ0) is 46.4. The Morgan fingerprint density at radius 3 is 1.19 bits per heavy atom. The highest BCUT2D eigenvalue weighted by atomic mass is 31.2. The number of amides is 1. The van der Waals surface area contributed by atoms with Crippen molar-refractivity contribution < 1.29 is 32.9 Å². The summed E-state index contributed by atoms with van der Waals surface area (Å²) in [7, 11) is 1.28. The maximum atomic E-state index is 12.9. The van der Waals surface area contributed by atoms with Crippen LogP contribution in [0, 0.1) is 0 Å². The summed E-state index contributed by atoms with van der Waals surface area (Å²) in [6.45, 7) is 4.68. The van der Waals surface area contributed by atoms with Gasteiger partial charge < -0.3 is 28.8 Å². The summed E-state index contributed by atoms with van der Waals surface area (Å²) >= 11 is 0. The molecule has 2 N–H and O–H groups in total. The molecule has 0 radical (unpaired) electrons. The van der Waals surface area contributed by atoms with Crippen molar-refractivity contribution in [3.8, 4) is 0 Å². The maximum Gasteiger partial charge on any atom is 0.268 e. The molecule has 0 aromatic carbocycles. The first-order chi connectivity index (χ1) is 30.5. The molecular formula is C54H109N2O6P. The molecule has 8 nitrogen and oxygen atoms in total. The molecule has 0 rings (SSSR count). The van der Waals surface area contributed by atoms with E-state index in [1.165, 1.54) is 218 Å². The molecule has 63 heavy (non-hydrogen) atoms. The molecule has 0 saturated carbocycles. The molecule has 0 saturated heterocycles. The van der Waals surface area contributed by atoms with Crippen LogP contribution in [0.2, 0.25) is 0 Å². The number of unbranched alkanes of at least 4 members (excludes halogenated alkanes) is 38. The number of aliphatic hydroxyl groups is 1. The largest absolute Gasteiger partial charge is 0.756 e. The standard InChI is InChI=1S/C54H109N2O6P/c1-6-8-10-12-14-16-18-20-21-22-23-24-25-26-27-28-29-30-31-32-33-34-36-38-40-42-44-46-48-54(58)55-52(51-62-63(59,60)61-50-49-56(3,4)5)53(57)47-45-43-41-39-37-35-19-17-15-13-11-9-7-2/h45,47,52-53,57H,6-44,46,48-51H2,1-5H3,(H-,55,58,59,60)/b47-45+/t52-,53+/m0/s1. The monoisotopic (exact) mass is 913 g/mol. The number of carbonyl (C=O) groups excluding carboxylic acids is 1. The van der Waals surface area contributed by atoms with Crippen LogP contribution in [-0.2, 0) is 18.4 Å². The van der Waals surface area contributed by atoms with Crippen molar-refractivity contribution in [1.82, 2.24) is 5.32 Å². The fraction of sp³-hybridized carbons (Fsp3) is 0.944. The number of likely N-dealkylation sites (N-methyl/N-ethyl adjacent to an activating group) is 1. The maximum absolute atomic E-state index is 12.9. The molecular weight excluding hydrogens is 804 g/mol. The number of allylic oxidation sites excluding steroid dienone is 1. The average Bonchev–Trinajstić information content (AvgIpc) is 3.24. The van der Waals surface area contributed by atoms with Gasteiger partial charge in [-0.2, -0.15) is 0 Å². The van der Waals surface area contributed by atoms with Crippen molar-refractivity contribution in [3.63, 3.8) is 0 Å². The molecule has 0 aliphatic heterocycles. The number of phosphoric ester groups is 1. The van der Waals surface area contributed by atoms with Gasteiger partial charge in [-0.1, -0.05) is 264 Å². The number of nitrogens with zero attached hydrogens (tertiary/aromatic N) is 1. The molecule has 0 aliphatic carbocycles. The van der Waals surface area contributed by atoms with E-state index in [4.69, 9.17) is 9.05 Å². The molecule has 1 unspecified atom stereocenters. The molecule has 0 aromatic rings. The lowest BCUT2D eigenvalue weighted by atomic mass is 10.0. The Labute approximate surface area is 392 Å². The van der Waals surface area contributed by atoms with Crippen molar-refractivity contribution in [1.29, 1.82) is 0 Å². The van der Waals surface area contributed by atoms with Gasteiger partial charge in [-0.3, -0.25) is 9.36 Å². The average molecular weight is 913 g/mol. The summed E-state index contributed by atoms with van der Waals surface area (Å²) in [5.41, 5.74) is 0. The predicted octanol–water partition coefficient (Wildman–Crippen LogP) is 15.6. The van der Waals surface area contributed by atoms with E-state index in [0.717, 1.165) is 38.5 Å². The lowest BCUT2D eigenvalue weighted by Gasteiger charge is -2.29. The van der Waals surface area contributed by atoms with Gasteiger partial charge in [0.25, 0.3) is 7.82 Å². The van der Waals surface area contributed by atoms with E-state index in [1.807, 2.05) is 27.2 Å². The van der Waals surface area contributed by atoms with Crippen molar-refractivity contribution >= 4 is 13.7 Å². The van der Waals surface area contributed by atoms with Gasteiger partial charge in [-0.25, -0.2) is 0 Å².